The smallest absolute Gasteiger partial charge is 0.407 e. The van der Waals surface area contributed by atoms with Crippen molar-refractivity contribution in [1.29, 1.82) is 0 Å². The number of aliphatic hydroxyl groups excluding tert-OH is 1. The van der Waals surface area contributed by atoms with Crippen LogP contribution >= 0.6 is 0 Å². The Morgan fingerprint density at radius 3 is 2.35 bits per heavy atom. The summed E-state index contributed by atoms with van der Waals surface area (Å²) in [5, 5.41) is 18.9. The predicted octanol–water partition coefficient (Wildman–Crippen LogP) is 2.17. The van der Waals surface area contributed by atoms with Gasteiger partial charge in [0.05, 0.1) is 12.6 Å². The molecule has 2 aliphatic rings. The van der Waals surface area contributed by atoms with Crippen LogP contribution in [0, 0.1) is 17.3 Å². The first-order valence-corrected chi connectivity index (χ1v) is 6.50. The summed E-state index contributed by atoms with van der Waals surface area (Å²) in [7, 11) is 0. The third-order valence-electron chi connectivity index (χ3n) is 4.48. The second kappa shape index (κ2) is 4.16. The minimum Gasteiger partial charge on any atom is -0.465 e. The monoisotopic (exact) mass is 241 g/mol. The van der Waals surface area contributed by atoms with Crippen LogP contribution in [0.4, 0.5) is 4.79 Å². The van der Waals surface area contributed by atoms with Crippen LogP contribution in [0.5, 0.6) is 0 Å². The molecule has 0 radical (unpaired) electrons. The number of likely N-dealkylation sites (tertiary alicyclic amines) is 1. The molecular formula is C13H23NO3. The van der Waals surface area contributed by atoms with Gasteiger partial charge in [-0.05, 0) is 30.1 Å². The first kappa shape index (κ1) is 12.7. The van der Waals surface area contributed by atoms with E-state index in [-0.39, 0.29) is 24.1 Å². The van der Waals surface area contributed by atoms with Crippen LogP contribution in [-0.4, -0.2) is 39.9 Å². The highest BCUT2D eigenvalue weighted by Crippen LogP contribution is 2.51. The summed E-state index contributed by atoms with van der Waals surface area (Å²) in [6.45, 7) is 6.26. The lowest BCUT2D eigenvalue weighted by atomic mass is 9.77. The van der Waals surface area contributed by atoms with Crippen LogP contribution in [0.25, 0.3) is 0 Å². The fourth-order valence-electron chi connectivity index (χ4n) is 4.05. The van der Waals surface area contributed by atoms with Gasteiger partial charge in [-0.2, -0.15) is 0 Å². The number of carboxylic acid groups (broad SMARTS) is 1. The highest BCUT2D eigenvalue weighted by atomic mass is 16.4. The van der Waals surface area contributed by atoms with Gasteiger partial charge in [-0.25, -0.2) is 4.79 Å². The largest absolute Gasteiger partial charge is 0.465 e. The quantitative estimate of drug-likeness (QED) is 0.739. The molecular weight excluding hydrogens is 218 g/mol. The van der Waals surface area contributed by atoms with Crippen molar-refractivity contribution in [3.8, 4) is 0 Å². The lowest BCUT2D eigenvalue weighted by Crippen LogP contribution is -2.49. The molecule has 17 heavy (non-hydrogen) atoms. The van der Waals surface area contributed by atoms with Crippen molar-refractivity contribution in [3.05, 3.63) is 0 Å². The average Bonchev–Trinajstić information content (AvgIpc) is 2.71. The van der Waals surface area contributed by atoms with E-state index in [9.17, 15) is 15.0 Å². The summed E-state index contributed by atoms with van der Waals surface area (Å²) in [4.78, 5) is 13.0. The summed E-state index contributed by atoms with van der Waals surface area (Å²) >= 11 is 0. The van der Waals surface area contributed by atoms with E-state index in [2.05, 4.69) is 20.8 Å². The van der Waals surface area contributed by atoms with Crippen molar-refractivity contribution in [2.24, 2.45) is 17.3 Å². The molecule has 98 valence electrons. The Hall–Kier alpha value is -0.770. The Balaban J connectivity index is 2.36. The van der Waals surface area contributed by atoms with Crippen molar-refractivity contribution in [3.63, 3.8) is 0 Å². The molecule has 4 unspecified atom stereocenters. The van der Waals surface area contributed by atoms with E-state index in [1.807, 2.05) is 0 Å². The van der Waals surface area contributed by atoms with Crippen LogP contribution in [0.3, 0.4) is 0 Å². The van der Waals surface area contributed by atoms with Crippen LogP contribution in [0.2, 0.25) is 0 Å². The first-order valence-electron chi connectivity index (χ1n) is 6.50. The van der Waals surface area contributed by atoms with Gasteiger partial charge < -0.3 is 10.2 Å². The van der Waals surface area contributed by atoms with Gasteiger partial charge in [-0.3, -0.25) is 4.90 Å². The topological polar surface area (TPSA) is 60.8 Å². The third kappa shape index (κ3) is 1.92. The van der Waals surface area contributed by atoms with Crippen LogP contribution in [-0.2, 0) is 0 Å². The Labute approximate surface area is 103 Å². The van der Waals surface area contributed by atoms with Gasteiger partial charge >= 0.3 is 6.09 Å². The van der Waals surface area contributed by atoms with Gasteiger partial charge in [-0.15, -0.1) is 0 Å². The van der Waals surface area contributed by atoms with E-state index in [4.69, 9.17) is 0 Å². The molecule has 1 saturated carbocycles. The zero-order valence-corrected chi connectivity index (χ0v) is 10.9. The standard InChI is InChI=1S/C13H23NO3/c1-13(2,3)11-9-6-4-5-8(9)10(7-15)14(11)12(16)17/h8-11,15H,4-7H2,1-3H3,(H,16,17). The molecule has 0 bridgehead atoms. The summed E-state index contributed by atoms with van der Waals surface area (Å²) in [5.41, 5.74) is -0.0600. The molecule has 2 rings (SSSR count). The number of aliphatic hydroxyl groups is 1. The molecule has 0 aromatic rings. The third-order valence-corrected chi connectivity index (χ3v) is 4.48. The van der Waals surface area contributed by atoms with Crippen LogP contribution < -0.4 is 0 Å². The SMILES string of the molecule is CC(C)(C)C1C2CCCC2C(CO)N1C(=O)O. The van der Waals surface area contributed by atoms with E-state index in [1.54, 1.807) is 0 Å². The van der Waals surface area contributed by atoms with Crippen molar-refractivity contribution in [2.45, 2.75) is 52.1 Å². The Kier molecular flexibility index (Phi) is 3.10. The zero-order valence-electron chi connectivity index (χ0n) is 10.9. The molecule has 4 atom stereocenters. The normalized spacial score (nSPS) is 37.3. The zero-order chi connectivity index (χ0) is 12.8. The van der Waals surface area contributed by atoms with E-state index < -0.39 is 6.09 Å². The molecule has 1 heterocycles. The van der Waals surface area contributed by atoms with E-state index >= 15 is 0 Å². The lowest BCUT2D eigenvalue weighted by molar-refractivity contribution is 0.0561. The maximum atomic E-state index is 11.5. The van der Waals surface area contributed by atoms with Crippen molar-refractivity contribution < 1.29 is 15.0 Å². The van der Waals surface area contributed by atoms with Crippen molar-refractivity contribution >= 4 is 6.09 Å². The maximum absolute atomic E-state index is 11.5. The molecule has 2 N–H and O–H groups in total. The van der Waals surface area contributed by atoms with E-state index in [0.29, 0.717) is 11.8 Å². The number of hydrogen-bond donors (Lipinski definition) is 2. The summed E-state index contributed by atoms with van der Waals surface area (Å²) in [5.74, 6) is 0.795. The predicted molar refractivity (Wildman–Crippen MR) is 64.8 cm³/mol. The minimum atomic E-state index is -0.877. The van der Waals surface area contributed by atoms with Crippen LogP contribution in [0.15, 0.2) is 0 Å². The van der Waals surface area contributed by atoms with E-state index in [1.165, 1.54) is 11.3 Å². The van der Waals surface area contributed by atoms with Gasteiger partial charge in [0.25, 0.3) is 0 Å². The highest BCUT2D eigenvalue weighted by Gasteiger charge is 2.55. The number of rotatable bonds is 1. The van der Waals surface area contributed by atoms with Crippen LogP contribution in [0.1, 0.15) is 40.0 Å². The van der Waals surface area contributed by atoms with Gasteiger partial charge in [0, 0.05) is 6.04 Å². The molecule has 1 aliphatic carbocycles. The molecule has 2 fully saturated rings. The molecule has 4 nitrogen and oxygen atoms in total. The molecule has 0 aromatic heterocycles. The van der Waals surface area contributed by atoms with Gasteiger partial charge in [0.2, 0.25) is 0 Å². The van der Waals surface area contributed by atoms with E-state index in [0.717, 1.165) is 12.8 Å². The number of fused-ring (bicyclic) bond motifs is 1. The van der Waals surface area contributed by atoms with Gasteiger partial charge in [0.15, 0.2) is 0 Å². The lowest BCUT2D eigenvalue weighted by Gasteiger charge is -2.38. The summed E-state index contributed by atoms with van der Waals surface area (Å²) in [6.07, 6.45) is 2.46. The summed E-state index contributed by atoms with van der Waals surface area (Å²) < 4.78 is 0. The number of carbonyl (C=O) groups is 1. The number of nitrogens with zero attached hydrogens (tertiary/aromatic N) is 1. The fraction of sp³-hybridized carbons (Fsp3) is 0.923. The minimum absolute atomic E-state index is 0.0416. The Morgan fingerprint density at radius 1 is 1.29 bits per heavy atom. The van der Waals surface area contributed by atoms with Gasteiger partial charge in [0.1, 0.15) is 0 Å². The summed E-state index contributed by atoms with van der Waals surface area (Å²) in [6, 6.07) is -0.145. The average molecular weight is 241 g/mol. The maximum Gasteiger partial charge on any atom is 0.407 e. The Bertz CT molecular complexity index is 310. The molecule has 0 aromatic carbocycles. The van der Waals surface area contributed by atoms with Crippen molar-refractivity contribution in [1.82, 2.24) is 4.90 Å². The second-order valence-electron chi connectivity index (χ2n) is 6.51. The molecule has 1 amide bonds. The molecule has 1 aliphatic heterocycles. The van der Waals surface area contributed by atoms with Gasteiger partial charge in [-0.1, -0.05) is 27.2 Å². The van der Waals surface area contributed by atoms with Crippen molar-refractivity contribution in [2.75, 3.05) is 6.61 Å². The molecule has 1 saturated heterocycles. The second-order valence-corrected chi connectivity index (χ2v) is 6.51. The Morgan fingerprint density at radius 2 is 1.88 bits per heavy atom. The number of hydrogen-bond acceptors (Lipinski definition) is 2. The molecule has 0 spiro atoms. The first-order chi connectivity index (χ1) is 7.88. The molecule has 4 heteroatoms. The fourth-order valence-corrected chi connectivity index (χ4v) is 4.05. The highest BCUT2D eigenvalue weighted by molar-refractivity contribution is 5.67. The number of amides is 1.